The molecule has 1 aliphatic rings. The van der Waals surface area contributed by atoms with Gasteiger partial charge in [0, 0.05) is 38.2 Å². The maximum Gasteiger partial charge on any atom is 0.193 e. The molecule has 0 bridgehead atoms. The third-order valence-corrected chi connectivity index (χ3v) is 3.70. The van der Waals surface area contributed by atoms with Gasteiger partial charge in [-0.2, -0.15) is 11.8 Å². The Hall–Kier alpha value is 0.350. The summed E-state index contributed by atoms with van der Waals surface area (Å²) in [6.07, 6.45) is 1.25. The van der Waals surface area contributed by atoms with E-state index in [-0.39, 0.29) is 24.0 Å². The normalized spacial score (nSPS) is 22.9. The van der Waals surface area contributed by atoms with E-state index in [4.69, 9.17) is 0 Å². The van der Waals surface area contributed by atoms with Crippen LogP contribution in [0.5, 0.6) is 0 Å². The van der Waals surface area contributed by atoms with Crippen LogP contribution in [0.4, 0.5) is 0 Å². The monoisotopic (exact) mass is 329 g/mol. The summed E-state index contributed by atoms with van der Waals surface area (Å²) in [7, 11) is 3.78. The molecule has 1 unspecified atom stereocenters. The molecule has 3 nitrogen and oxygen atoms in total. The Kier molecular flexibility index (Phi) is 7.81. The predicted molar refractivity (Wildman–Crippen MR) is 75.9 cm³/mol. The zero-order valence-corrected chi connectivity index (χ0v) is 12.3. The van der Waals surface area contributed by atoms with Gasteiger partial charge in [-0.3, -0.25) is 4.99 Å². The lowest BCUT2D eigenvalue weighted by atomic mass is 10.3. The van der Waals surface area contributed by atoms with Gasteiger partial charge in [0.05, 0.1) is 0 Å². The van der Waals surface area contributed by atoms with E-state index in [9.17, 15) is 0 Å². The Balaban J connectivity index is 0.00000169. The predicted octanol–water partition coefficient (Wildman–Crippen LogP) is 1.64. The van der Waals surface area contributed by atoms with Crippen LogP contribution >= 0.6 is 35.7 Å². The number of hydrogen-bond donors (Lipinski definition) is 1. The molecular weight excluding hydrogens is 309 g/mol. The van der Waals surface area contributed by atoms with Crippen molar-refractivity contribution in [1.82, 2.24) is 10.2 Å². The van der Waals surface area contributed by atoms with Gasteiger partial charge >= 0.3 is 0 Å². The van der Waals surface area contributed by atoms with Crippen LogP contribution in [0.15, 0.2) is 4.99 Å². The molecular formula is C9H20IN3S. The second kappa shape index (κ2) is 7.62. The van der Waals surface area contributed by atoms with Gasteiger partial charge in [-0.05, 0) is 6.42 Å². The quantitative estimate of drug-likeness (QED) is 0.450. The topological polar surface area (TPSA) is 27.6 Å². The van der Waals surface area contributed by atoms with Crippen molar-refractivity contribution in [3.8, 4) is 0 Å². The summed E-state index contributed by atoms with van der Waals surface area (Å²) < 4.78 is 0. The number of guanidine groups is 1. The van der Waals surface area contributed by atoms with E-state index in [2.05, 4.69) is 33.9 Å². The summed E-state index contributed by atoms with van der Waals surface area (Å²) in [5.74, 6) is 2.25. The third kappa shape index (κ3) is 3.84. The number of halogens is 1. The van der Waals surface area contributed by atoms with Crippen molar-refractivity contribution in [3.63, 3.8) is 0 Å². The average Bonchev–Trinajstić information content (AvgIpc) is 2.20. The Bertz CT molecular complexity index is 187. The van der Waals surface area contributed by atoms with Crippen molar-refractivity contribution in [1.29, 1.82) is 0 Å². The van der Waals surface area contributed by atoms with Crippen LogP contribution in [0, 0.1) is 0 Å². The van der Waals surface area contributed by atoms with Gasteiger partial charge in [-0.25, -0.2) is 0 Å². The lowest BCUT2D eigenvalue weighted by Gasteiger charge is -2.33. The summed E-state index contributed by atoms with van der Waals surface area (Å²) in [6, 6.07) is 0. The van der Waals surface area contributed by atoms with E-state index >= 15 is 0 Å². The Morgan fingerprint density at radius 2 is 2.36 bits per heavy atom. The fourth-order valence-corrected chi connectivity index (χ4v) is 2.75. The number of thioether (sulfide) groups is 1. The van der Waals surface area contributed by atoms with Crippen molar-refractivity contribution in [3.05, 3.63) is 0 Å². The van der Waals surface area contributed by atoms with E-state index in [1.54, 1.807) is 0 Å². The van der Waals surface area contributed by atoms with E-state index in [0.29, 0.717) is 0 Å². The first kappa shape index (κ1) is 14.3. The van der Waals surface area contributed by atoms with Crippen LogP contribution in [0.1, 0.15) is 13.3 Å². The summed E-state index contributed by atoms with van der Waals surface area (Å²) >= 11 is 2.08. The second-order valence-corrected chi connectivity index (χ2v) is 4.55. The Morgan fingerprint density at radius 1 is 1.64 bits per heavy atom. The first-order valence-electron chi connectivity index (χ1n) is 4.82. The van der Waals surface area contributed by atoms with Crippen molar-refractivity contribution < 1.29 is 0 Å². The molecule has 5 heteroatoms. The molecule has 0 spiro atoms. The first-order chi connectivity index (χ1) is 6.31. The average molecular weight is 329 g/mol. The largest absolute Gasteiger partial charge is 0.359 e. The molecule has 1 fully saturated rings. The summed E-state index contributed by atoms with van der Waals surface area (Å²) in [5.41, 5.74) is 0. The van der Waals surface area contributed by atoms with E-state index in [0.717, 1.165) is 24.3 Å². The van der Waals surface area contributed by atoms with Gasteiger partial charge in [0.1, 0.15) is 0 Å². The van der Waals surface area contributed by atoms with Crippen LogP contribution in [0.2, 0.25) is 0 Å². The number of rotatable bonds is 1. The zero-order valence-electron chi connectivity index (χ0n) is 9.12. The van der Waals surface area contributed by atoms with Gasteiger partial charge in [-0.15, -0.1) is 24.0 Å². The molecule has 84 valence electrons. The van der Waals surface area contributed by atoms with Crippen molar-refractivity contribution in [2.24, 2.45) is 4.99 Å². The first-order valence-corrected chi connectivity index (χ1v) is 5.87. The van der Waals surface area contributed by atoms with Crippen LogP contribution < -0.4 is 5.32 Å². The molecule has 0 aromatic carbocycles. The fraction of sp³-hybridized carbons (Fsp3) is 0.889. The molecule has 1 N–H and O–H groups in total. The number of hydrogen-bond acceptors (Lipinski definition) is 2. The summed E-state index contributed by atoms with van der Waals surface area (Å²) in [6.45, 7) is 4.51. The van der Waals surface area contributed by atoms with Crippen LogP contribution in [-0.2, 0) is 0 Å². The van der Waals surface area contributed by atoms with Gasteiger partial charge in [0.25, 0.3) is 0 Å². The lowest BCUT2D eigenvalue weighted by molar-refractivity contribution is 0.412. The SMILES string of the molecule is CCC1CN(C(=NC)NC)CCS1.I. The highest BCUT2D eigenvalue weighted by Gasteiger charge is 2.20. The molecule has 1 heterocycles. The van der Waals surface area contributed by atoms with Crippen LogP contribution in [0.3, 0.4) is 0 Å². The lowest BCUT2D eigenvalue weighted by Crippen LogP contribution is -2.46. The zero-order chi connectivity index (χ0) is 9.68. The molecule has 0 aromatic rings. The molecule has 0 radical (unpaired) electrons. The van der Waals surface area contributed by atoms with E-state index in [1.807, 2.05) is 14.1 Å². The molecule has 14 heavy (non-hydrogen) atoms. The molecule has 0 aliphatic carbocycles. The number of nitrogens with one attached hydrogen (secondary N) is 1. The van der Waals surface area contributed by atoms with Crippen molar-refractivity contribution in [2.45, 2.75) is 18.6 Å². The molecule has 1 rings (SSSR count). The maximum atomic E-state index is 4.22. The van der Waals surface area contributed by atoms with Gasteiger partial charge in [0.2, 0.25) is 0 Å². The number of nitrogens with zero attached hydrogens (tertiary/aromatic N) is 2. The smallest absolute Gasteiger partial charge is 0.193 e. The highest BCUT2D eigenvalue weighted by molar-refractivity contribution is 14.0. The van der Waals surface area contributed by atoms with E-state index < -0.39 is 0 Å². The van der Waals surface area contributed by atoms with Crippen LogP contribution in [-0.4, -0.2) is 49.0 Å². The minimum absolute atomic E-state index is 0. The molecule has 0 amide bonds. The minimum Gasteiger partial charge on any atom is -0.359 e. The van der Waals surface area contributed by atoms with Crippen molar-refractivity contribution in [2.75, 3.05) is 32.9 Å². The molecule has 0 saturated carbocycles. The molecule has 0 aromatic heterocycles. The summed E-state index contributed by atoms with van der Waals surface area (Å²) in [5, 5.41) is 3.91. The van der Waals surface area contributed by atoms with Crippen LogP contribution in [0.25, 0.3) is 0 Å². The third-order valence-electron chi connectivity index (χ3n) is 2.33. The number of aliphatic imine (C=N–C) groups is 1. The maximum absolute atomic E-state index is 4.22. The highest BCUT2D eigenvalue weighted by Crippen LogP contribution is 2.20. The Morgan fingerprint density at radius 3 is 2.86 bits per heavy atom. The van der Waals surface area contributed by atoms with Crippen molar-refractivity contribution >= 4 is 41.7 Å². The molecule has 1 aliphatic heterocycles. The van der Waals surface area contributed by atoms with E-state index in [1.165, 1.54) is 12.2 Å². The second-order valence-electron chi connectivity index (χ2n) is 3.14. The minimum atomic E-state index is 0. The van der Waals surface area contributed by atoms with Gasteiger partial charge < -0.3 is 10.2 Å². The Labute approximate surface area is 108 Å². The van der Waals surface area contributed by atoms with Gasteiger partial charge in [-0.1, -0.05) is 6.92 Å². The van der Waals surface area contributed by atoms with Gasteiger partial charge in [0.15, 0.2) is 5.96 Å². The molecule has 1 saturated heterocycles. The summed E-state index contributed by atoms with van der Waals surface area (Å²) in [4.78, 5) is 6.56. The fourth-order valence-electron chi connectivity index (χ4n) is 1.57. The standard InChI is InChI=1S/C9H19N3S.HI/c1-4-8-7-12(5-6-13-8)9(10-2)11-3;/h8H,4-7H2,1-3H3,(H,10,11);1H. The molecule has 1 atom stereocenters. The highest BCUT2D eigenvalue weighted by atomic mass is 127.